The third-order valence-electron chi connectivity index (χ3n) is 5.49. The van der Waals surface area contributed by atoms with Gasteiger partial charge in [-0.3, -0.25) is 4.79 Å². The number of nitrogens with one attached hydrogen (secondary N) is 2. The van der Waals surface area contributed by atoms with Gasteiger partial charge in [0.2, 0.25) is 0 Å². The van der Waals surface area contributed by atoms with Crippen LogP contribution in [0.15, 0.2) is 48.5 Å². The summed E-state index contributed by atoms with van der Waals surface area (Å²) in [6.07, 6.45) is 5.15. The van der Waals surface area contributed by atoms with E-state index in [1.54, 1.807) is 0 Å². The molecule has 0 bridgehead atoms. The van der Waals surface area contributed by atoms with Crippen molar-refractivity contribution in [1.82, 2.24) is 5.32 Å². The third kappa shape index (κ3) is 4.66. The summed E-state index contributed by atoms with van der Waals surface area (Å²) in [7, 11) is 0. The summed E-state index contributed by atoms with van der Waals surface area (Å²) in [4.78, 5) is 12.6. The van der Waals surface area contributed by atoms with Gasteiger partial charge in [0.05, 0.1) is 0 Å². The number of carbonyl (C=O) groups excluding carboxylic acids is 1. The van der Waals surface area contributed by atoms with E-state index < -0.39 is 0 Å². The monoisotopic (exact) mass is 370 g/mol. The van der Waals surface area contributed by atoms with Crippen molar-refractivity contribution in [2.24, 2.45) is 11.8 Å². The maximum absolute atomic E-state index is 12.6. The predicted octanol–water partition coefficient (Wildman–Crippen LogP) is 4.60. The minimum atomic E-state index is -0.0234. The smallest absolute Gasteiger partial charge is 0.255 e. The number of hydrogen-bond donors (Lipinski definition) is 2. The molecule has 0 radical (unpaired) electrons. The summed E-state index contributed by atoms with van der Waals surface area (Å²) in [5.41, 5.74) is 4.04. The van der Waals surface area contributed by atoms with Crippen molar-refractivity contribution < 1.29 is 4.79 Å². The molecule has 3 nitrogen and oxygen atoms in total. The molecule has 2 aliphatic carbocycles. The van der Waals surface area contributed by atoms with Crippen LogP contribution >= 0.6 is 12.4 Å². The zero-order chi connectivity index (χ0) is 17.2. The van der Waals surface area contributed by atoms with Crippen LogP contribution in [0.3, 0.4) is 0 Å². The van der Waals surface area contributed by atoms with Crippen molar-refractivity contribution in [2.45, 2.75) is 38.6 Å². The molecule has 0 saturated heterocycles. The van der Waals surface area contributed by atoms with E-state index in [4.69, 9.17) is 0 Å². The SMILES string of the molecule is Cc1c(CC2CC2NCC2CC2)cccc1C(=O)Nc1ccccc1.Cl. The fourth-order valence-corrected chi connectivity index (χ4v) is 3.52. The molecule has 4 heteroatoms. The Hall–Kier alpha value is -1.84. The Morgan fingerprint density at radius 3 is 2.58 bits per heavy atom. The highest BCUT2D eigenvalue weighted by molar-refractivity contribution is 6.05. The Balaban J connectivity index is 0.00000196. The molecular weight excluding hydrogens is 344 g/mol. The minimum absolute atomic E-state index is 0. The highest BCUT2D eigenvalue weighted by atomic mass is 35.5. The van der Waals surface area contributed by atoms with Gasteiger partial charge in [0.25, 0.3) is 5.91 Å². The molecule has 2 aromatic carbocycles. The van der Waals surface area contributed by atoms with E-state index in [1.165, 1.54) is 31.4 Å². The lowest BCUT2D eigenvalue weighted by Gasteiger charge is -2.12. The maximum atomic E-state index is 12.6. The predicted molar refractivity (Wildman–Crippen MR) is 109 cm³/mol. The molecule has 4 rings (SSSR count). The molecule has 0 aliphatic heterocycles. The number of hydrogen-bond acceptors (Lipinski definition) is 2. The van der Waals surface area contributed by atoms with Crippen molar-refractivity contribution in [1.29, 1.82) is 0 Å². The van der Waals surface area contributed by atoms with Crippen molar-refractivity contribution in [3.05, 3.63) is 65.2 Å². The number of anilines is 1. The van der Waals surface area contributed by atoms with E-state index in [-0.39, 0.29) is 18.3 Å². The lowest BCUT2D eigenvalue weighted by atomic mass is 9.97. The van der Waals surface area contributed by atoms with Gasteiger partial charge >= 0.3 is 0 Å². The van der Waals surface area contributed by atoms with E-state index >= 15 is 0 Å². The van der Waals surface area contributed by atoms with Crippen LogP contribution in [-0.2, 0) is 6.42 Å². The minimum Gasteiger partial charge on any atom is -0.322 e. The van der Waals surface area contributed by atoms with Crippen molar-refractivity contribution >= 4 is 24.0 Å². The largest absolute Gasteiger partial charge is 0.322 e. The second-order valence-corrected chi connectivity index (χ2v) is 7.57. The van der Waals surface area contributed by atoms with Gasteiger partial charge in [-0.2, -0.15) is 0 Å². The molecule has 2 saturated carbocycles. The summed E-state index contributed by atoms with van der Waals surface area (Å²) in [5, 5.41) is 6.69. The summed E-state index contributed by atoms with van der Waals surface area (Å²) < 4.78 is 0. The number of rotatable bonds is 7. The third-order valence-corrected chi connectivity index (χ3v) is 5.49. The highest BCUT2D eigenvalue weighted by Crippen LogP contribution is 2.36. The Kier molecular flexibility index (Phi) is 6.00. The van der Waals surface area contributed by atoms with Crippen molar-refractivity contribution in [3.8, 4) is 0 Å². The van der Waals surface area contributed by atoms with Gasteiger partial charge in [-0.1, -0.05) is 30.3 Å². The lowest BCUT2D eigenvalue weighted by Crippen LogP contribution is -2.21. The average Bonchev–Trinajstić information content (AvgIpc) is 3.52. The molecule has 2 aromatic rings. The maximum Gasteiger partial charge on any atom is 0.255 e. The highest BCUT2D eigenvalue weighted by Gasteiger charge is 2.38. The fourth-order valence-electron chi connectivity index (χ4n) is 3.52. The second-order valence-electron chi connectivity index (χ2n) is 7.57. The molecule has 0 aromatic heterocycles. The van der Waals surface area contributed by atoms with E-state index in [9.17, 15) is 4.79 Å². The summed E-state index contributed by atoms with van der Waals surface area (Å²) in [6, 6.07) is 16.4. The topological polar surface area (TPSA) is 41.1 Å². The molecule has 2 aliphatic rings. The van der Waals surface area contributed by atoms with Gasteiger partial charge in [0.15, 0.2) is 0 Å². The van der Waals surface area contributed by atoms with Crippen molar-refractivity contribution in [2.75, 3.05) is 11.9 Å². The molecule has 2 fully saturated rings. The van der Waals surface area contributed by atoms with Crippen LogP contribution in [-0.4, -0.2) is 18.5 Å². The molecule has 0 heterocycles. The quantitative estimate of drug-likeness (QED) is 0.747. The normalized spacial score (nSPS) is 21.0. The van der Waals surface area contributed by atoms with Gasteiger partial charge in [-0.25, -0.2) is 0 Å². The number of para-hydroxylation sites is 1. The standard InChI is InChI=1S/C22H26N2O.ClH/c1-15-17(12-18-13-21(18)23-14-16-10-11-16)6-5-9-20(15)22(25)24-19-7-3-2-4-8-19;/h2-9,16,18,21,23H,10-14H2,1H3,(H,24,25);1H. The van der Waals surface area contributed by atoms with Gasteiger partial charge in [-0.05, 0) is 80.3 Å². The molecule has 26 heavy (non-hydrogen) atoms. The molecular formula is C22H27ClN2O. The van der Waals surface area contributed by atoms with Crippen LogP contribution in [0.2, 0.25) is 0 Å². The first kappa shape index (κ1) is 18.9. The van der Waals surface area contributed by atoms with Crippen LogP contribution in [0.25, 0.3) is 0 Å². The lowest BCUT2D eigenvalue weighted by molar-refractivity contribution is 0.102. The summed E-state index contributed by atoms with van der Waals surface area (Å²) in [6.45, 7) is 3.27. The van der Waals surface area contributed by atoms with E-state index in [2.05, 4.69) is 23.6 Å². The van der Waals surface area contributed by atoms with Gasteiger partial charge in [0.1, 0.15) is 0 Å². The van der Waals surface area contributed by atoms with E-state index in [0.717, 1.165) is 35.1 Å². The van der Waals surface area contributed by atoms with Gasteiger partial charge in [-0.15, -0.1) is 12.4 Å². The van der Waals surface area contributed by atoms with Crippen LogP contribution < -0.4 is 10.6 Å². The van der Waals surface area contributed by atoms with Crippen LogP contribution in [0.1, 0.15) is 40.7 Å². The average molecular weight is 371 g/mol. The number of halogens is 1. The van der Waals surface area contributed by atoms with Crippen LogP contribution in [0.4, 0.5) is 5.69 Å². The number of benzene rings is 2. The second kappa shape index (κ2) is 8.24. The van der Waals surface area contributed by atoms with E-state index in [1.807, 2.05) is 42.5 Å². The Morgan fingerprint density at radius 1 is 1.08 bits per heavy atom. The zero-order valence-corrected chi connectivity index (χ0v) is 16.0. The summed E-state index contributed by atoms with van der Waals surface area (Å²) >= 11 is 0. The van der Waals surface area contributed by atoms with Crippen molar-refractivity contribution in [3.63, 3.8) is 0 Å². The van der Waals surface area contributed by atoms with Gasteiger partial charge in [0, 0.05) is 17.3 Å². The number of carbonyl (C=O) groups is 1. The Morgan fingerprint density at radius 2 is 1.85 bits per heavy atom. The molecule has 0 spiro atoms. The summed E-state index contributed by atoms with van der Waals surface area (Å²) in [5.74, 6) is 1.64. The molecule has 2 N–H and O–H groups in total. The number of amides is 1. The molecule has 2 atom stereocenters. The fraction of sp³-hybridized carbons (Fsp3) is 0.409. The first-order valence-electron chi connectivity index (χ1n) is 9.39. The Bertz CT molecular complexity index is 758. The first-order valence-corrected chi connectivity index (χ1v) is 9.39. The first-order chi connectivity index (χ1) is 12.2. The van der Waals surface area contributed by atoms with Crippen LogP contribution in [0, 0.1) is 18.8 Å². The molecule has 1 amide bonds. The van der Waals surface area contributed by atoms with Crippen LogP contribution in [0.5, 0.6) is 0 Å². The molecule has 2 unspecified atom stereocenters. The molecule has 138 valence electrons. The van der Waals surface area contributed by atoms with E-state index in [0.29, 0.717) is 6.04 Å². The Labute approximate surface area is 162 Å². The van der Waals surface area contributed by atoms with Gasteiger partial charge < -0.3 is 10.6 Å². The zero-order valence-electron chi connectivity index (χ0n) is 15.2.